The SMILES string of the molecule is COc1ccc(C#CCCNC(=O)OC(C)(C)C)cc1OC. The molecule has 0 spiro atoms. The fraction of sp³-hybridized carbons (Fsp3) is 0.471. The number of rotatable bonds is 4. The summed E-state index contributed by atoms with van der Waals surface area (Å²) in [7, 11) is 3.17. The first kappa shape index (κ1) is 17.7. The molecule has 0 fully saturated rings. The van der Waals surface area contributed by atoms with Crippen LogP contribution in [-0.2, 0) is 4.74 Å². The molecule has 120 valence electrons. The van der Waals surface area contributed by atoms with E-state index in [1.807, 2.05) is 39.0 Å². The van der Waals surface area contributed by atoms with Crippen molar-refractivity contribution in [3.63, 3.8) is 0 Å². The third kappa shape index (κ3) is 6.40. The largest absolute Gasteiger partial charge is 0.493 e. The Balaban J connectivity index is 2.46. The lowest BCUT2D eigenvalue weighted by molar-refractivity contribution is 0.0529. The standard InChI is InChI=1S/C17H23NO4/c1-17(2,3)22-16(19)18-11-7-6-8-13-9-10-14(20-4)15(12-13)21-5/h9-10,12H,7,11H2,1-5H3,(H,18,19). The highest BCUT2D eigenvalue weighted by atomic mass is 16.6. The number of amides is 1. The Morgan fingerprint density at radius 2 is 1.86 bits per heavy atom. The summed E-state index contributed by atoms with van der Waals surface area (Å²) < 4.78 is 15.5. The zero-order chi connectivity index (χ0) is 16.6. The monoisotopic (exact) mass is 305 g/mol. The first-order valence-corrected chi connectivity index (χ1v) is 7.03. The summed E-state index contributed by atoms with van der Waals surface area (Å²) in [4.78, 5) is 11.4. The molecule has 0 aliphatic heterocycles. The van der Waals surface area contributed by atoms with E-state index in [0.29, 0.717) is 24.5 Å². The Bertz CT molecular complexity index is 564. The third-order valence-corrected chi connectivity index (χ3v) is 2.53. The van der Waals surface area contributed by atoms with Gasteiger partial charge in [0.25, 0.3) is 0 Å². The van der Waals surface area contributed by atoms with Crippen LogP contribution >= 0.6 is 0 Å². The van der Waals surface area contributed by atoms with Gasteiger partial charge in [-0.3, -0.25) is 0 Å². The van der Waals surface area contributed by atoms with Gasteiger partial charge in [0.1, 0.15) is 5.60 Å². The number of hydrogen-bond donors (Lipinski definition) is 1. The topological polar surface area (TPSA) is 56.8 Å². The number of alkyl carbamates (subject to hydrolysis) is 1. The van der Waals surface area contributed by atoms with Gasteiger partial charge in [0.2, 0.25) is 0 Å². The van der Waals surface area contributed by atoms with Gasteiger partial charge in [-0.15, -0.1) is 0 Å². The Kier molecular flexibility index (Phi) is 6.58. The van der Waals surface area contributed by atoms with E-state index in [9.17, 15) is 4.79 Å². The average molecular weight is 305 g/mol. The van der Waals surface area contributed by atoms with Crippen molar-refractivity contribution in [1.82, 2.24) is 5.32 Å². The predicted molar refractivity (Wildman–Crippen MR) is 85.3 cm³/mol. The summed E-state index contributed by atoms with van der Waals surface area (Å²) in [6.45, 7) is 5.91. The summed E-state index contributed by atoms with van der Waals surface area (Å²) in [5.74, 6) is 7.31. The van der Waals surface area contributed by atoms with Crippen LogP contribution in [0.5, 0.6) is 11.5 Å². The van der Waals surface area contributed by atoms with Crippen LogP contribution in [0.15, 0.2) is 18.2 Å². The van der Waals surface area contributed by atoms with Gasteiger partial charge < -0.3 is 19.5 Å². The van der Waals surface area contributed by atoms with Gasteiger partial charge in [-0.25, -0.2) is 4.79 Å². The van der Waals surface area contributed by atoms with E-state index in [-0.39, 0.29) is 0 Å². The fourth-order valence-electron chi connectivity index (χ4n) is 1.62. The van der Waals surface area contributed by atoms with Crippen molar-refractivity contribution in [2.45, 2.75) is 32.8 Å². The molecule has 1 aromatic rings. The van der Waals surface area contributed by atoms with E-state index in [2.05, 4.69) is 17.2 Å². The lowest BCUT2D eigenvalue weighted by Gasteiger charge is -2.19. The van der Waals surface area contributed by atoms with Crippen molar-refractivity contribution in [2.75, 3.05) is 20.8 Å². The molecule has 5 nitrogen and oxygen atoms in total. The number of ether oxygens (including phenoxy) is 3. The van der Waals surface area contributed by atoms with Crippen LogP contribution in [0, 0.1) is 11.8 Å². The van der Waals surface area contributed by atoms with Crippen LogP contribution in [0.3, 0.4) is 0 Å². The van der Waals surface area contributed by atoms with Gasteiger partial charge in [-0.05, 0) is 39.0 Å². The maximum atomic E-state index is 11.4. The van der Waals surface area contributed by atoms with E-state index in [0.717, 1.165) is 5.56 Å². The second kappa shape index (κ2) is 8.18. The first-order chi connectivity index (χ1) is 10.4. The Morgan fingerprint density at radius 1 is 1.18 bits per heavy atom. The predicted octanol–water partition coefficient (Wildman–Crippen LogP) is 2.97. The van der Waals surface area contributed by atoms with Crippen LogP contribution < -0.4 is 14.8 Å². The van der Waals surface area contributed by atoms with Crippen molar-refractivity contribution >= 4 is 6.09 Å². The highest BCUT2D eigenvalue weighted by Crippen LogP contribution is 2.27. The van der Waals surface area contributed by atoms with Crippen LogP contribution in [0.2, 0.25) is 0 Å². The van der Waals surface area contributed by atoms with E-state index in [1.165, 1.54) is 0 Å². The smallest absolute Gasteiger partial charge is 0.407 e. The minimum absolute atomic E-state index is 0.430. The van der Waals surface area contributed by atoms with Gasteiger partial charge in [0.05, 0.1) is 14.2 Å². The zero-order valence-corrected chi connectivity index (χ0v) is 13.8. The minimum atomic E-state index is -0.491. The maximum absolute atomic E-state index is 11.4. The van der Waals surface area contributed by atoms with Crippen molar-refractivity contribution < 1.29 is 19.0 Å². The molecule has 5 heteroatoms. The third-order valence-electron chi connectivity index (χ3n) is 2.53. The van der Waals surface area contributed by atoms with Gasteiger partial charge in [-0.1, -0.05) is 11.8 Å². The molecule has 0 aliphatic rings. The molecule has 1 rings (SSSR count). The average Bonchev–Trinajstić information content (AvgIpc) is 2.44. The van der Waals surface area contributed by atoms with Crippen LogP contribution in [0.4, 0.5) is 4.79 Å². The molecule has 0 radical (unpaired) electrons. The van der Waals surface area contributed by atoms with E-state index < -0.39 is 11.7 Å². The second-order valence-electron chi connectivity index (χ2n) is 5.55. The van der Waals surface area contributed by atoms with Crippen LogP contribution in [0.25, 0.3) is 0 Å². The Morgan fingerprint density at radius 3 is 2.45 bits per heavy atom. The molecule has 0 saturated heterocycles. The molecule has 0 aromatic heterocycles. The minimum Gasteiger partial charge on any atom is -0.493 e. The summed E-state index contributed by atoms with van der Waals surface area (Å²) in [6.07, 6.45) is 0.105. The van der Waals surface area contributed by atoms with Crippen molar-refractivity contribution in [3.8, 4) is 23.3 Å². The van der Waals surface area contributed by atoms with Crippen LogP contribution in [-0.4, -0.2) is 32.5 Å². The number of benzene rings is 1. The van der Waals surface area contributed by atoms with Crippen molar-refractivity contribution in [2.24, 2.45) is 0 Å². The number of nitrogens with one attached hydrogen (secondary N) is 1. The molecule has 1 N–H and O–H groups in total. The zero-order valence-electron chi connectivity index (χ0n) is 13.8. The van der Waals surface area contributed by atoms with Crippen LogP contribution in [0.1, 0.15) is 32.8 Å². The first-order valence-electron chi connectivity index (χ1n) is 7.03. The lowest BCUT2D eigenvalue weighted by Crippen LogP contribution is -2.32. The summed E-state index contributed by atoms with van der Waals surface area (Å²) in [6, 6.07) is 5.48. The Labute approximate surface area is 131 Å². The van der Waals surface area contributed by atoms with Crippen molar-refractivity contribution in [3.05, 3.63) is 23.8 Å². The molecule has 0 bridgehead atoms. The van der Waals surface area contributed by atoms with Crippen molar-refractivity contribution in [1.29, 1.82) is 0 Å². The molecule has 1 amide bonds. The molecule has 22 heavy (non-hydrogen) atoms. The van der Waals surface area contributed by atoms with E-state index >= 15 is 0 Å². The number of hydrogen-bond acceptors (Lipinski definition) is 4. The molecular weight excluding hydrogens is 282 g/mol. The van der Waals surface area contributed by atoms with Gasteiger partial charge in [0, 0.05) is 18.5 Å². The second-order valence-corrected chi connectivity index (χ2v) is 5.55. The molecular formula is C17H23NO4. The normalized spacial score (nSPS) is 10.2. The lowest BCUT2D eigenvalue weighted by atomic mass is 10.2. The quantitative estimate of drug-likeness (QED) is 0.686. The molecule has 0 aliphatic carbocycles. The van der Waals surface area contributed by atoms with Gasteiger partial charge in [-0.2, -0.15) is 0 Å². The van der Waals surface area contributed by atoms with E-state index in [1.54, 1.807) is 14.2 Å². The highest BCUT2D eigenvalue weighted by Gasteiger charge is 2.15. The van der Waals surface area contributed by atoms with Gasteiger partial charge >= 0.3 is 6.09 Å². The molecule has 0 heterocycles. The highest BCUT2D eigenvalue weighted by molar-refractivity contribution is 5.67. The summed E-state index contributed by atoms with van der Waals surface area (Å²) >= 11 is 0. The number of carbonyl (C=O) groups excluding carboxylic acids is 1. The Hall–Kier alpha value is -2.35. The fourth-order valence-corrected chi connectivity index (χ4v) is 1.62. The molecule has 0 atom stereocenters. The number of methoxy groups -OCH3 is 2. The van der Waals surface area contributed by atoms with Gasteiger partial charge in [0.15, 0.2) is 11.5 Å². The summed E-state index contributed by atoms with van der Waals surface area (Å²) in [5, 5.41) is 2.66. The summed E-state index contributed by atoms with van der Waals surface area (Å²) in [5.41, 5.74) is 0.338. The molecule has 0 saturated carbocycles. The molecule has 1 aromatic carbocycles. The molecule has 0 unspecified atom stereocenters. The number of carbonyl (C=O) groups is 1. The maximum Gasteiger partial charge on any atom is 0.407 e. The van der Waals surface area contributed by atoms with E-state index in [4.69, 9.17) is 14.2 Å².